The average Bonchev–Trinajstić information content (AvgIpc) is 2.67. The SMILES string of the molecule is CCNC(=NCC1(SC)CCOCC1)N(C)Cc1ccc(OC(F)F)cc1.I. The van der Waals surface area contributed by atoms with E-state index < -0.39 is 6.61 Å². The second kappa shape index (κ2) is 12.7. The summed E-state index contributed by atoms with van der Waals surface area (Å²) < 4.78 is 34.5. The van der Waals surface area contributed by atoms with E-state index in [1.165, 1.54) is 0 Å². The standard InChI is InChI=1S/C19H29F2N3O2S.HI/c1-4-22-18(23-14-19(27-3)9-11-25-12-10-19)24(2)13-15-5-7-16(8-6-15)26-17(20)21;/h5-8,17H,4,9-14H2,1-3H3,(H,22,23);1H. The molecular weight excluding hydrogens is 499 g/mol. The van der Waals surface area contributed by atoms with Crippen molar-refractivity contribution in [1.82, 2.24) is 10.2 Å². The molecule has 1 aliphatic rings. The number of halogens is 3. The van der Waals surface area contributed by atoms with E-state index in [0.29, 0.717) is 6.54 Å². The van der Waals surface area contributed by atoms with E-state index in [9.17, 15) is 8.78 Å². The third-order valence-corrected chi connectivity index (χ3v) is 6.02. The number of guanidine groups is 1. The molecule has 0 spiro atoms. The minimum Gasteiger partial charge on any atom is -0.435 e. The van der Waals surface area contributed by atoms with Gasteiger partial charge in [0.05, 0.1) is 6.54 Å². The molecule has 1 fully saturated rings. The van der Waals surface area contributed by atoms with Crippen LogP contribution in [0, 0.1) is 0 Å². The normalized spacial score (nSPS) is 16.4. The summed E-state index contributed by atoms with van der Waals surface area (Å²) in [5, 5.41) is 3.33. The minimum absolute atomic E-state index is 0. The number of nitrogens with zero attached hydrogens (tertiary/aromatic N) is 2. The van der Waals surface area contributed by atoms with Crippen LogP contribution in [0.2, 0.25) is 0 Å². The fourth-order valence-corrected chi connectivity index (χ4v) is 3.75. The summed E-state index contributed by atoms with van der Waals surface area (Å²) in [5.74, 6) is 1.00. The maximum atomic E-state index is 12.3. The second-order valence-corrected chi connectivity index (χ2v) is 7.82. The minimum atomic E-state index is -2.81. The largest absolute Gasteiger partial charge is 0.435 e. The predicted molar refractivity (Wildman–Crippen MR) is 122 cm³/mol. The quantitative estimate of drug-likeness (QED) is 0.311. The highest BCUT2D eigenvalue weighted by Gasteiger charge is 2.31. The molecule has 1 aromatic rings. The van der Waals surface area contributed by atoms with Gasteiger partial charge in [-0.25, -0.2) is 0 Å². The lowest BCUT2D eigenvalue weighted by Crippen LogP contribution is -2.41. The number of alkyl halides is 2. The van der Waals surface area contributed by atoms with E-state index in [1.54, 1.807) is 24.3 Å². The maximum absolute atomic E-state index is 12.3. The monoisotopic (exact) mass is 529 g/mol. The van der Waals surface area contributed by atoms with Gasteiger partial charge in [-0.1, -0.05) is 12.1 Å². The first-order valence-corrected chi connectivity index (χ1v) is 10.4. The molecule has 0 radical (unpaired) electrons. The van der Waals surface area contributed by atoms with Crippen LogP contribution < -0.4 is 10.1 Å². The lowest BCUT2D eigenvalue weighted by atomic mass is 9.99. The molecule has 0 aliphatic carbocycles. The fraction of sp³-hybridized carbons (Fsp3) is 0.632. The summed E-state index contributed by atoms with van der Waals surface area (Å²) in [4.78, 5) is 6.91. The highest BCUT2D eigenvalue weighted by molar-refractivity contribution is 14.0. The zero-order valence-corrected chi connectivity index (χ0v) is 19.8. The van der Waals surface area contributed by atoms with Gasteiger partial charge in [-0.2, -0.15) is 20.5 Å². The summed E-state index contributed by atoms with van der Waals surface area (Å²) >= 11 is 1.87. The Kier molecular flexibility index (Phi) is 11.4. The molecule has 9 heteroatoms. The molecule has 1 heterocycles. The molecule has 160 valence electrons. The van der Waals surface area contributed by atoms with Gasteiger partial charge in [0.15, 0.2) is 5.96 Å². The van der Waals surface area contributed by atoms with Crippen LogP contribution in [0.15, 0.2) is 29.3 Å². The smallest absolute Gasteiger partial charge is 0.387 e. The maximum Gasteiger partial charge on any atom is 0.387 e. The fourth-order valence-electron chi connectivity index (χ4n) is 2.98. The predicted octanol–water partition coefficient (Wildman–Crippen LogP) is 4.22. The van der Waals surface area contributed by atoms with Crippen LogP contribution in [0.3, 0.4) is 0 Å². The van der Waals surface area contributed by atoms with Gasteiger partial charge in [-0.3, -0.25) is 4.99 Å². The van der Waals surface area contributed by atoms with E-state index in [0.717, 1.165) is 50.7 Å². The van der Waals surface area contributed by atoms with Crippen LogP contribution in [0.25, 0.3) is 0 Å². The molecule has 1 aliphatic heterocycles. The summed E-state index contributed by atoms with van der Waals surface area (Å²) in [6.45, 7) is 2.95. The van der Waals surface area contributed by atoms with Crippen molar-refractivity contribution < 1.29 is 18.3 Å². The van der Waals surface area contributed by atoms with Crippen molar-refractivity contribution in [3.63, 3.8) is 0 Å². The van der Waals surface area contributed by atoms with Crippen LogP contribution in [-0.2, 0) is 11.3 Å². The summed E-state index contributed by atoms with van der Waals surface area (Å²) in [7, 11) is 1.97. The molecule has 1 saturated heterocycles. The molecule has 2 rings (SSSR count). The second-order valence-electron chi connectivity index (χ2n) is 6.55. The van der Waals surface area contributed by atoms with Gasteiger partial charge >= 0.3 is 6.61 Å². The van der Waals surface area contributed by atoms with Crippen LogP contribution in [-0.4, -0.2) is 61.8 Å². The molecular formula is C19H30F2IN3O2S. The first-order valence-electron chi connectivity index (χ1n) is 9.14. The third kappa shape index (κ3) is 7.90. The summed E-state index contributed by atoms with van der Waals surface area (Å²) in [6.07, 6.45) is 4.15. The van der Waals surface area contributed by atoms with Crippen molar-refractivity contribution in [2.45, 2.75) is 37.7 Å². The van der Waals surface area contributed by atoms with Crippen molar-refractivity contribution in [2.75, 3.05) is 39.6 Å². The number of hydrogen-bond donors (Lipinski definition) is 1. The van der Waals surface area contributed by atoms with E-state index in [4.69, 9.17) is 9.73 Å². The lowest BCUT2D eigenvalue weighted by Gasteiger charge is -2.34. The number of benzene rings is 1. The molecule has 0 unspecified atom stereocenters. The van der Waals surface area contributed by atoms with Gasteiger partial charge in [-0.05, 0) is 43.7 Å². The van der Waals surface area contributed by atoms with Crippen LogP contribution >= 0.6 is 35.7 Å². The first-order chi connectivity index (χ1) is 13.0. The molecule has 0 bridgehead atoms. The van der Waals surface area contributed by atoms with Gasteiger partial charge in [0.1, 0.15) is 5.75 Å². The highest BCUT2D eigenvalue weighted by atomic mass is 127. The zero-order chi connectivity index (χ0) is 19.7. The van der Waals surface area contributed by atoms with E-state index in [2.05, 4.69) is 16.3 Å². The molecule has 5 nitrogen and oxygen atoms in total. The molecule has 0 atom stereocenters. The molecule has 0 saturated carbocycles. The Morgan fingerprint density at radius 3 is 2.50 bits per heavy atom. The summed E-state index contributed by atoms with van der Waals surface area (Å²) in [5.41, 5.74) is 0.996. The molecule has 0 aromatic heterocycles. The van der Waals surface area contributed by atoms with E-state index >= 15 is 0 Å². The van der Waals surface area contributed by atoms with E-state index in [-0.39, 0.29) is 34.5 Å². The van der Waals surface area contributed by atoms with E-state index in [1.807, 2.05) is 30.6 Å². The lowest BCUT2D eigenvalue weighted by molar-refractivity contribution is -0.0498. The summed E-state index contributed by atoms with van der Waals surface area (Å²) in [6, 6.07) is 6.70. The Morgan fingerprint density at radius 2 is 1.96 bits per heavy atom. The molecule has 28 heavy (non-hydrogen) atoms. The van der Waals surface area contributed by atoms with Crippen molar-refractivity contribution in [2.24, 2.45) is 4.99 Å². The Bertz CT molecular complexity index is 599. The van der Waals surface area contributed by atoms with Gasteiger partial charge in [0, 0.05) is 38.1 Å². The van der Waals surface area contributed by atoms with Gasteiger partial charge in [0.25, 0.3) is 0 Å². The van der Waals surface area contributed by atoms with Gasteiger partial charge < -0.3 is 19.7 Å². The Morgan fingerprint density at radius 1 is 1.32 bits per heavy atom. The Balaban J connectivity index is 0.00000392. The van der Waals surface area contributed by atoms with Crippen LogP contribution in [0.1, 0.15) is 25.3 Å². The highest BCUT2D eigenvalue weighted by Crippen LogP contribution is 2.34. The van der Waals surface area contributed by atoms with Gasteiger partial charge in [-0.15, -0.1) is 24.0 Å². The molecule has 1 N–H and O–H groups in total. The number of thioether (sulfide) groups is 1. The number of ether oxygens (including phenoxy) is 2. The third-order valence-electron chi connectivity index (χ3n) is 4.62. The van der Waals surface area contributed by atoms with Crippen molar-refractivity contribution in [3.05, 3.63) is 29.8 Å². The van der Waals surface area contributed by atoms with Crippen molar-refractivity contribution in [3.8, 4) is 5.75 Å². The van der Waals surface area contributed by atoms with Crippen molar-refractivity contribution in [1.29, 1.82) is 0 Å². The first kappa shape index (κ1) is 25.2. The zero-order valence-electron chi connectivity index (χ0n) is 16.6. The average molecular weight is 529 g/mol. The molecule has 1 aromatic carbocycles. The van der Waals surface area contributed by atoms with Gasteiger partial charge in [0.2, 0.25) is 0 Å². The van der Waals surface area contributed by atoms with Crippen LogP contribution in [0.4, 0.5) is 8.78 Å². The number of hydrogen-bond acceptors (Lipinski definition) is 4. The number of nitrogens with one attached hydrogen (secondary N) is 1. The Hall–Kier alpha value is -0.810. The molecule has 0 amide bonds. The van der Waals surface area contributed by atoms with Crippen LogP contribution in [0.5, 0.6) is 5.75 Å². The van der Waals surface area contributed by atoms with Crippen molar-refractivity contribution >= 4 is 41.7 Å². The Labute approximate surface area is 187 Å². The number of aliphatic imine (C=N–C) groups is 1. The number of rotatable bonds is 8. The topological polar surface area (TPSA) is 46.1 Å².